The van der Waals surface area contributed by atoms with E-state index in [-0.39, 0.29) is 12.5 Å². The molecule has 0 radical (unpaired) electrons. The van der Waals surface area contributed by atoms with Crippen LogP contribution in [0.1, 0.15) is 6.92 Å². The van der Waals surface area contributed by atoms with E-state index in [1.54, 1.807) is 6.92 Å². The van der Waals surface area contributed by atoms with Gasteiger partial charge in [0.05, 0.1) is 13.2 Å². The minimum atomic E-state index is -0.603. The van der Waals surface area contributed by atoms with Gasteiger partial charge in [-0.05, 0) is 6.92 Å². The van der Waals surface area contributed by atoms with Crippen LogP contribution in [0.4, 0.5) is 0 Å². The van der Waals surface area contributed by atoms with Gasteiger partial charge < -0.3 is 15.8 Å². The standard InChI is InChI=1S/C8H14N2O2/c1-3-4-5-10-8(11)7(9)6-12-2/h7H,5-6,9H2,1-2H3,(H,10,11). The van der Waals surface area contributed by atoms with Gasteiger partial charge >= 0.3 is 0 Å². The van der Waals surface area contributed by atoms with Crippen molar-refractivity contribution in [2.45, 2.75) is 13.0 Å². The van der Waals surface area contributed by atoms with Gasteiger partial charge in [-0.1, -0.05) is 5.92 Å². The predicted molar refractivity (Wildman–Crippen MR) is 46.3 cm³/mol. The minimum absolute atomic E-state index is 0.228. The van der Waals surface area contributed by atoms with E-state index < -0.39 is 6.04 Å². The number of amides is 1. The Morgan fingerprint density at radius 3 is 2.92 bits per heavy atom. The largest absolute Gasteiger partial charge is 0.383 e. The smallest absolute Gasteiger partial charge is 0.240 e. The monoisotopic (exact) mass is 170 g/mol. The molecule has 0 fully saturated rings. The van der Waals surface area contributed by atoms with Crippen molar-refractivity contribution in [3.05, 3.63) is 0 Å². The first kappa shape index (κ1) is 11.0. The molecule has 0 saturated heterocycles. The number of nitrogens with one attached hydrogen (secondary N) is 1. The molecule has 0 aliphatic rings. The first-order chi connectivity index (χ1) is 5.72. The summed E-state index contributed by atoms with van der Waals surface area (Å²) < 4.78 is 4.71. The zero-order valence-corrected chi connectivity index (χ0v) is 7.39. The number of hydrogen-bond acceptors (Lipinski definition) is 3. The quantitative estimate of drug-likeness (QED) is 0.537. The molecule has 68 valence electrons. The Morgan fingerprint density at radius 2 is 2.42 bits per heavy atom. The zero-order chi connectivity index (χ0) is 9.40. The fourth-order valence-electron chi connectivity index (χ4n) is 0.606. The Labute approximate surface area is 72.5 Å². The number of carbonyl (C=O) groups excluding carboxylic acids is 1. The molecule has 1 unspecified atom stereocenters. The third-order valence-corrected chi connectivity index (χ3v) is 1.21. The Balaban J connectivity index is 3.61. The van der Waals surface area contributed by atoms with Gasteiger partial charge in [0.15, 0.2) is 0 Å². The van der Waals surface area contributed by atoms with Crippen molar-refractivity contribution in [1.29, 1.82) is 0 Å². The van der Waals surface area contributed by atoms with Crippen molar-refractivity contribution in [2.24, 2.45) is 5.73 Å². The molecule has 3 N–H and O–H groups in total. The van der Waals surface area contributed by atoms with E-state index in [0.29, 0.717) is 6.54 Å². The van der Waals surface area contributed by atoms with Gasteiger partial charge in [0.1, 0.15) is 6.04 Å². The molecule has 4 heteroatoms. The van der Waals surface area contributed by atoms with Crippen LogP contribution in [-0.4, -0.2) is 32.2 Å². The van der Waals surface area contributed by atoms with Crippen LogP contribution in [0.3, 0.4) is 0 Å². The highest BCUT2D eigenvalue weighted by Gasteiger charge is 2.10. The van der Waals surface area contributed by atoms with Crippen LogP contribution >= 0.6 is 0 Å². The molecule has 0 spiro atoms. The Kier molecular flexibility index (Phi) is 6.07. The second-order valence-electron chi connectivity index (χ2n) is 2.21. The van der Waals surface area contributed by atoms with Gasteiger partial charge in [-0.3, -0.25) is 4.79 Å². The summed E-state index contributed by atoms with van der Waals surface area (Å²) in [4.78, 5) is 11.0. The highest BCUT2D eigenvalue weighted by molar-refractivity contribution is 5.81. The fourth-order valence-corrected chi connectivity index (χ4v) is 0.606. The molecule has 0 saturated carbocycles. The molecule has 4 nitrogen and oxygen atoms in total. The predicted octanol–water partition coefficient (Wildman–Crippen LogP) is -0.900. The van der Waals surface area contributed by atoms with Crippen molar-refractivity contribution in [3.63, 3.8) is 0 Å². The average Bonchev–Trinajstić information content (AvgIpc) is 2.05. The molecule has 0 aromatic heterocycles. The van der Waals surface area contributed by atoms with E-state index in [9.17, 15) is 4.79 Å². The maximum atomic E-state index is 11.0. The molecule has 0 aliphatic carbocycles. The summed E-state index contributed by atoms with van der Waals surface area (Å²) in [5.41, 5.74) is 5.42. The zero-order valence-electron chi connectivity index (χ0n) is 7.39. The maximum absolute atomic E-state index is 11.0. The lowest BCUT2D eigenvalue weighted by atomic mass is 10.3. The molecule has 0 rings (SSSR count). The Bertz CT molecular complexity index is 193. The Hall–Kier alpha value is -1.05. The maximum Gasteiger partial charge on any atom is 0.240 e. The van der Waals surface area contributed by atoms with Gasteiger partial charge in [0.2, 0.25) is 5.91 Å². The topological polar surface area (TPSA) is 64.4 Å². The van der Waals surface area contributed by atoms with Crippen molar-refractivity contribution >= 4 is 5.91 Å². The van der Waals surface area contributed by atoms with Crippen molar-refractivity contribution in [2.75, 3.05) is 20.3 Å². The number of hydrogen-bond donors (Lipinski definition) is 2. The summed E-state index contributed by atoms with van der Waals surface area (Å²) in [5.74, 6) is 5.12. The summed E-state index contributed by atoms with van der Waals surface area (Å²) in [5, 5.41) is 2.55. The van der Waals surface area contributed by atoms with Crippen LogP contribution in [0, 0.1) is 11.8 Å². The number of ether oxygens (including phenoxy) is 1. The van der Waals surface area contributed by atoms with Crippen LogP contribution in [0.2, 0.25) is 0 Å². The summed E-state index contributed by atoms with van der Waals surface area (Å²) in [7, 11) is 1.50. The van der Waals surface area contributed by atoms with Crippen LogP contribution in [0.25, 0.3) is 0 Å². The van der Waals surface area contributed by atoms with E-state index >= 15 is 0 Å². The van der Waals surface area contributed by atoms with Crippen molar-refractivity contribution < 1.29 is 9.53 Å². The highest BCUT2D eigenvalue weighted by atomic mass is 16.5. The lowest BCUT2D eigenvalue weighted by Gasteiger charge is -2.08. The summed E-state index contributed by atoms with van der Waals surface area (Å²) >= 11 is 0. The van der Waals surface area contributed by atoms with E-state index in [4.69, 9.17) is 10.5 Å². The molecule has 0 aromatic carbocycles. The third-order valence-electron chi connectivity index (χ3n) is 1.21. The van der Waals surface area contributed by atoms with Crippen molar-refractivity contribution in [1.82, 2.24) is 5.32 Å². The molecule has 1 atom stereocenters. The molecule has 0 aliphatic heterocycles. The van der Waals surface area contributed by atoms with Crippen LogP contribution < -0.4 is 11.1 Å². The average molecular weight is 170 g/mol. The molecule has 0 aromatic rings. The Morgan fingerprint density at radius 1 is 1.75 bits per heavy atom. The second kappa shape index (κ2) is 6.65. The molecular formula is C8H14N2O2. The van der Waals surface area contributed by atoms with E-state index in [2.05, 4.69) is 17.2 Å². The van der Waals surface area contributed by atoms with Crippen LogP contribution in [0.5, 0.6) is 0 Å². The number of nitrogens with two attached hydrogens (primary N) is 1. The highest BCUT2D eigenvalue weighted by Crippen LogP contribution is 1.79. The number of carbonyl (C=O) groups is 1. The summed E-state index contributed by atoms with van der Waals surface area (Å²) in [6.07, 6.45) is 0. The second-order valence-corrected chi connectivity index (χ2v) is 2.21. The summed E-state index contributed by atoms with van der Waals surface area (Å²) in [6, 6.07) is -0.603. The fraction of sp³-hybridized carbons (Fsp3) is 0.625. The van der Waals surface area contributed by atoms with Gasteiger partial charge in [-0.25, -0.2) is 0 Å². The molecule has 1 amide bonds. The first-order valence-corrected chi connectivity index (χ1v) is 3.64. The van der Waals surface area contributed by atoms with Crippen LogP contribution in [-0.2, 0) is 9.53 Å². The molecular weight excluding hydrogens is 156 g/mol. The molecule has 0 heterocycles. The third kappa shape index (κ3) is 4.72. The van der Waals surface area contributed by atoms with Gasteiger partial charge in [0, 0.05) is 7.11 Å². The lowest BCUT2D eigenvalue weighted by Crippen LogP contribution is -2.43. The minimum Gasteiger partial charge on any atom is -0.383 e. The summed E-state index contributed by atoms with van der Waals surface area (Å²) in [6.45, 7) is 2.28. The number of rotatable bonds is 4. The molecule has 0 bridgehead atoms. The van der Waals surface area contributed by atoms with Gasteiger partial charge in [-0.2, -0.15) is 0 Å². The number of methoxy groups -OCH3 is 1. The van der Waals surface area contributed by atoms with Crippen LogP contribution in [0.15, 0.2) is 0 Å². The van der Waals surface area contributed by atoms with Gasteiger partial charge in [0.25, 0.3) is 0 Å². The first-order valence-electron chi connectivity index (χ1n) is 3.64. The molecule has 12 heavy (non-hydrogen) atoms. The van der Waals surface area contributed by atoms with E-state index in [1.807, 2.05) is 0 Å². The normalized spacial score (nSPS) is 11.2. The van der Waals surface area contributed by atoms with E-state index in [1.165, 1.54) is 7.11 Å². The SMILES string of the molecule is CC#CCNC(=O)C(N)COC. The van der Waals surface area contributed by atoms with Gasteiger partial charge in [-0.15, -0.1) is 5.92 Å². The lowest BCUT2D eigenvalue weighted by molar-refractivity contribution is -0.123. The van der Waals surface area contributed by atoms with Crippen molar-refractivity contribution in [3.8, 4) is 11.8 Å². The van der Waals surface area contributed by atoms with E-state index in [0.717, 1.165) is 0 Å².